The second-order valence-electron chi connectivity index (χ2n) is 11.0. The van der Waals surface area contributed by atoms with Gasteiger partial charge >= 0.3 is 11.9 Å². The van der Waals surface area contributed by atoms with E-state index >= 15 is 0 Å². The van der Waals surface area contributed by atoms with Gasteiger partial charge in [0.15, 0.2) is 0 Å². The summed E-state index contributed by atoms with van der Waals surface area (Å²) in [6, 6.07) is 0. The van der Waals surface area contributed by atoms with E-state index in [4.69, 9.17) is 0 Å². The van der Waals surface area contributed by atoms with Crippen LogP contribution in [-0.2, 0) is 9.59 Å². The molecule has 0 aliphatic carbocycles. The lowest BCUT2D eigenvalue weighted by atomic mass is 9.93. The monoisotopic (exact) mass is 604 g/mol. The predicted molar refractivity (Wildman–Crippen MR) is 190 cm³/mol. The third-order valence-corrected chi connectivity index (χ3v) is 7.05. The molecule has 0 fully saturated rings. The van der Waals surface area contributed by atoms with Crippen LogP contribution in [-0.4, -0.2) is 22.2 Å². The molecule has 0 aromatic heterocycles. The molecule has 0 saturated carbocycles. The van der Waals surface area contributed by atoms with Crippen molar-refractivity contribution in [2.45, 2.75) is 123 Å². The molecule has 4 heteroatoms. The summed E-state index contributed by atoms with van der Waals surface area (Å²) < 4.78 is 0. The molecule has 0 spiro atoms. The lowest BCUT2D eigenvalue weighted by Crippen LogP contribution is -2.21. The van der Waals surface area contributed by atoms with E-state index in [1.165, 1.54) is 76.7 Å². The number of hydrogen-bond donors (Lipinski definition) is 2. The fourth-order valence-electron chi connectivity index (χ4n) is 4.45. The van der Waals surface area contributed by atoms with E-state index in [1.807, 2.05) is 36.5 Å². The number of allylic oxidation sites excluding steroid dienone is 17. The molecule has 244 valence electrons. The molecule has 0 rings (SSSR count). The van der Waals surface area contributed by atoms with Crippen molar-refractivity contribution in [3.05, 3.63) is 109 Å². The maximum atomic E-state index is 11.8. The Morgan fingerprint density at radius 3 is 1.50 bits per heavy atom. The van der Waals surface area contributed by atoms with Crippen LogP contribution in [0.25, 0.3) is 0 Å². The molecule has 0 aromatic carbocycles. The van der Waals surface area contributed by atoms with Crippen LogP contribution in [0, 0.1) is 5.92 Å². The van der Waals surface area contributed by atoms with Crippen LogP contribution in [0.5, 0.6) is 0 Å². The van der Waals surface area contributed by atoms with Crippen LogP contribution in [0.2, 0.25) is 0 Å². The first kappa shape index (κ1) is 40.6. The largest absolute Gasteiger partial charge is 0.481 e. The zero-order valence-corrected chi connectivity index (χ0v) is 27.6. The van der Waals surface area contributed by atoms with Crippen molar-refractivity contribution in [3.8, 4) is 0 Å². The normalized spacial score (nSPS) is 14.0. The molecule has 44 heavy (non-hydrogen) atoms. The predicted octanol–water partition coefficient (Wildman–Crippen LogP) is 11.8. The van der Waals surface area contributed by atoms with Crippen LogP contribution < -0.4 is 0 Å². The van der Waals surface area contributed by atoms with Crippen LogP contribution in [0.1, 0.15) is 123 Å². The molecule has 1 unspecified atom stereocenters. The summed E-state index contributed by atoms with van der Waals surface area (Å²) in [7, 11) is 0. The third-order valence-electron chi connectivity index (χ3n) is 7.05. The highest BCUT2D eigenvalue weighted by Gasteiger charge is 2.26. The van der Waals surface area contributed by atoms with Crippen LogP contribution in [0.3, 0.4) is 0 Å². The molecule has 0 aromatic rings. The van der Waals surface area contributed by atoms with Gasteiger partial charge in [-0.2, -0.15) is 0 Å². The van der Waals surface area contributed by atoms with Gasteiger partial charge in [-0.15, -0.1) is 0 Å². The molecular weight excluding hydrogens is 544 g/mol. The summed E-state index contributed by atoms with van der Waals surface area (Å²) in [5.41, 5.74) is -0.109. The molecule has 0 saturated heterocycles. The summed E-state index contributed by atoms with van der Waals surface area (Å²) in [4.78, 5) is 23.6. The van der Waals surface area contributed by atoms with Crippen molar-refractivity contribution in [1.82, 2.24) is 0 Å². The highest BCUT2D eigenvalue weighted by molar-refractivity contribution is 5.94. The second kappa shape index (κ2) is 32.5. The first-order valence-corrected chi connectivity index (χ1v) is 17.0. The molecule has 0 heterocycles. The van der Waals surface area contributed by atoms with E-state index < -0.39 is 17.9 Å². The van der Waals surface area contributed by atoms with Gasteiger partial charge < -0.3 is 10.2 Å². The first-order chi connectivity index (χ1) is 21.5. The van der Waals surface area contributed by atoms with Gasteiger partial charge in [-0.3, -0.25) is 4.79 Å². The van der Waals surface area contributed by atoms with Gasteiger partial charge in [0.2, 0.25) is 0 Å². The minimum Gasteiger partial charge on any atom is -0.481 e. The minimum absolute atomic E-state index is 0.109. The zero-order chi connectivity index (χ0) is 32.4. The van der Waals surface area contributed by atoms with E-state index in [0.29, 0.717) is 6.42 Å². The quantitative estimate of drug-likeness (QED) is 0.0403. The van der Waals surface area contributed by atoms with Gasteiger partial charge in [0.25, 0.3) is 0 Å². The highest BCUT2D eigenvalue weighted by Crippen LogP contribution is 2.19. The number of carbonyl (C=O) groups is 2. The SMILES string of the molecule is CCCCC/C=C\C/C=C\C/C=C\C/C=C\CCC(C(=O)O)/C(=C/C=C/C=C/C=C/C=C/CCCCCCCCC)C(=O)O. The summed E-state index contributed by atoms with van der Waals surface area (Å²) in [5, 5.41) is 19.3. The van der Waals surface area contributed by atoms with Gasteiger partial charge in [-0.1, -0.05) is 169 Å². The molecule has 0 bridgehead atoms. The van der Waals surface area contributed by atoms with Crippen molar-refractivity contribution < 1.29 is 19.8 Å². The number of aliphatic carboxylic acids is 2. The van der Waals surface area contributed by atoms with E-state index in [9.17, 15) is 19.8 Å². The van der Waals surface area contributed by atoms with E-state index in [0.717, 1.165) is 25.7 Å². The number of rotatable bonds is 28. The third kappa shape index (κ3) is 27.4. The Bertz CT molecular complexity index is 985. The second-order valence-corrected chi connectivity index (χ2v) is 11.0. The summed E-state index contributed by atoms with van der Waals surface area (Å²) >= 11 is 0. The van der Waals surface area contributed by atoms with Crippen molar-refractivity contribution in [3.63, 3.8) is 0 Å². The molecular formula is C40H60O4. The van der Waals surface area contributed by atoms with Crippen LogP contribution in [0.15, 0.2) is 109 Å². The van der Waals surface area contributed by atoms with Crippen molar-refractivity contribution in [1.29, 1.82) is 0 Å². The smallest absolute Gasteiger partial charge is 0.332 e. The van der Waals surface area contributed by atoms with E-state index in [2.05, 4.69) is 56.4 Å². The highest BCUT2D eigenvalue weighted by atomic mass is 16.4. The Hall–Kier alpha value is -3.40. The summed E-state index contributed by atoms with van der Waals surface area (Å²) in [6.45, 7) is 4.46. The summed E-state index contributed by atoms with van der Waals surface area (Å²) in [5.74, 6) is -3.39. The van der Waals surface area contributed by atoms with Crippen molar-refractivity contribution in [2.24, 2.45) is 5.92 Å². The molecule has 4 nitrogen and oxygen atoms in total. The first-order valence-electron chi connectivity index (χ1n) is 17.0. The Labute approximate surface area is 269 Å². The Balaban J connectivity index is 4.41. The fourth-order valence-corrected chi connectivity index (χ4v) is 4.45. The fraction of sp³-hybridized carbons (Fsp3) is 0.500. The van der Waals surface area contributed by atoms with Crippen molar-refractivity contribution >= 4 is 11.9 Å². The Morgan fingerprint density at radius 2 is 0.932 bits per heavy atom. The van der Waals surface area contributed by atoms with Gasteiger partial charge in [0.05, 0.1) is 11.5 Å². The number of unbranched alkanes of at least 4 members (excludes halogenated alkanes) is 10. The minimum atomic E-state index is -1.20. The van der Waals surface area contributed by atoms with Crippen molar-refractivity contribution in [2.75, 3.05) is 0 Å². The molecule has 1 atom stereocenters. The number of carboxylic acid groups (broad SMARTS) is 2. The number of hydrogen-bond acceptors (Lipinski definition) is 2. The van der Waals surface area contributed by atoms with Crippen LogP contribution >= 0.6 is 0 Å². The average Bonchev–Trinajstić information content (AvgIpc) is 3.00. The average molecular weight is 605 g/mol. The molecule has 0 aliphatic heterocycles. The van der Waals surface area contributed by atoms with Gasteiger partial charge in [0.1, 0.15) is 0 Å². The Kier molecular flexibility index (Phi) is 30.0. The van der Waals surface area contributed by atoms with E-state index in [-0.39, 0.29) is 12.0 Å². The lowest BCUT2D eigenvalue weighted by Gasteiger charge is -2.11. The van der Waals surface area contributed by atoms with Gasteiger partial charge in [0, 0.05) is 0 Å². The maximum Gasteiger partial charge on any atom is 0.332 e. The van der Waals surface area contributed by atoms with E-state index in [1.54, 1.807) is 18.2 Å². The van der Waals surface area contributed by atoms with Crippen LogP contribution in [0.4, 0.5) is 0 Å². The maximum absolute atomic E-state index is 11.8. The Morgan fingerprint density at radius 1 is 0.500 bits per heavy atom. The zero-order valence-electron chi connectivity index (χ0n) is 27.6. The lowest BCUT2D eigenvalue weighted by molar-refractivity contribution is -0.144. The number of carboxylic acids is 2. The molecule has 0 aliphatic rings. The standard InChI is InChI=1S/C40H60O4/c1-3-5-7-9-11-13-15-17-19-21-23-25-27-29-31-33-35-37(39(41)42)38(40(43)44)36-34-32-30-28-26-24-22-20-18-16-14-12-10-8-6-4-2/h11,13,17,19-20,22-26,28-32,34,36-37H,3-10,12,14-16,18,21,27,33,35H2,1-2H3,(H,41,42)(H,43,44)/b13-11-,19-17-,22-20+,25-23-,26-24+,30-28+,31-29-,34-32+,38-36-. The summed E-state index contributed by atoms with van der Waals surface area (Å²) in [6.07, 6.45) is 52.0. The molecule has 0 amide bonds. The van der Waals surface area contributed by atoms with Gasteiger partial charge in [-0.05, 0) is 57.8 Å². The molecule has 0 radical (unpaired) electrons. The molecule has 2 N–H and O–H groups in total. The topological polar surface area (TPSA) is 74.6 Å². The van der Waals surface area contributed by atoms with Gasteiger partial charge in [-0.25, -0.2) is 4.79 Å².